The third-order valence-corrected chi connectivity index (χ3v) is 2.34. The molecule has 0 aliphatic rings. The van der Waals surface area contributed by atoms with E-state index in [-0.39, 0.29) is 0 Å². The standard InChI is InChI=1S/C11H10.C4H8/c1-9-5-4-7-10-6-2-3-8-11(9)10;1-3-4-2/h2-8H,1H3;3-4H,1-2H3/b;4-3-. The molecule has 2 rings (SSSR count). The first-order chi connectivity index (χ1) is 7.29. The van der Waals surface area contributed by atoms with Crippen molar-refractivity contribution in [3.63, 3.8) is 0 Å². The Morgan fingerprint density at radius 2 is 1.40 bits per heavy atom. The van der Waals surface area contributed by atoms with Crippen LogP contribution in [0.4, 0.5) is 0 Å². The Balaban J connectivity index is 0.000000245. The van der Waals surface area contributed by atoms with Crippen molar-refractivity contribution in [3.8, 4) is 0 Å². The van der Waals surface area contributed by atoms with E-state index in [2.05, 4.69) is 49.4 Å². The van der Waals surface area contributed by atoms with Crippen molar-refractivity contribution >= 4 is 10.8 Å². The van der Waals surface area contributed by atoms with Gasteiger partial charge in [0.1, 0.15) is 0 Å². The van der Waals surface area contributed by atoms with Gasteiger partial charge >= 0.3 is 0 Å². The first-order valence-electron chi connectivity index (χ1n) is 5.31. The van der Waals surface area contributed by atoms with Gasteiger partial charge < -0.3 is 0 Å². The fourth-order valence-electron chi connectivity index (χ4n) is 1.39. The molecule has 0 heterocycles. The molecule has 0 radical (unpaired) electrons. The lowest BCUT2D eigenvalue weighted by atomic mass is 10.1. The highest BCUT2D eigenvalue weighted by molar-refractivity contribution is 5.85. The number of aryl methyl sites for hydroxylation is 1. The molecule has 0 aliphatic carbocycles. The van der Waals surface area contributed by atoms with E-state index in [9.17, 15) is 0 Å². The summed E-state index contributed by atoms with van der Waals surface area (Å²) in [5.74, 6) is 0. The van der Waals surface area contributed by atoms with Crippen molar-refractivity contribution < 1.29 is 0 Å². The number of benzene rings is 2. The van der Waals surface area contributed by atoms with E-state index in [0.29, 0.717) is 0 Å². The molecule has 0 N–H and O–H groups in total. The summed E-state index contributed by atoms with van der Waals surface area (Å²) < 4.78 is 0. The number of fused-ring (bicyclic) bond motifs is 1. The van der Waals surface area contributed by atoms with Crippen molar-refractivity contribution in [2.45, 2.75) is 20.8 Å². The van der Waals surface area contributed by atoms with Gasteiger partial charge in [0.25, 0.3) is 0 Å². The predicted molar refractivity (Wildman–Crippen MR) is 69.2 cm³/mol. The van der Waals surface area contributed by atoms with E-state index in [1.54, 1.807) is 0 Å². The number of hydrogen-bond donors (Lipinski definition) is 0. The Bertz CT molecular complexity index is 429. The first kappa shape index (κ1) is 11.5. The molecule has 0 atom stereocenters. The molecule has 0 saturated heterocycles. The van der Waals surface area contributed by atoms with Crippen LogP contribution in [-0.4, -0.2) is 0 Å². The Kier molecular flexibility index (Phi) is 4.62. The van der Waals surface area contributed by atoms with Crippen LogP contribution in [0.1, 0.15) is 19.4 Å². The van der Waals surface area contributed by atoms with Gasteiger partial charge in [0.05, 0.1) is 0 Å². The molecule has 0 heteroatoms. The fourth-order valence-corrected chi connectivity index (χ4v) is 1.39. The Labute approximate surface area is 92.3 Å². The van der Waals surface area contributed by atoms with Crippen molar-refractivity contribution in [2.24, 2.45) is 0 Å². The molecule has 0 fully saturated rings. The van der Waals surface area contributed by atoms with Gasteiger partial charge in [-0.05, 0) is 37.1 Å². The highest BCUT2D eigenvalue weighted by Crippen LogP contribution is 2.16. The molecule has 2 aromatic rings. The predicted octanol–water partition coefficient (Wildman–Crippen LogP) is 4.73. The number of hydrogen-bond acceptors (Lipinski definition) is 0. The van der Waals surface area contributed by atoms with Crippen LogP contribution in [0, 0.1) is 6.92 Å². The summed E-state index contributed by atoms with van der Waals surface area (Å²) in [6.45, 7) is 6.14. The van der Waals surface area contributed by atoms with E-state index in [0.717, 1.165) is 0 Å². The molecular weight excluding hydrogens is 180 g/mol. The smallest absolute Gasteiger partial charge is 0.0155 e. The van der Waals surface area contributed by atoms with Crippen molar-refractivity contribution in [1.82, 2.24) is 0 Å². The number of rotatable bonds is 0. The molecule has 0 amide bonds. The van der Waals surface area contributed by atoms with Crippen LogP contribution in [0.25, 0.3) is 10.8 Å². The SMILES string of the molecule is C/C=C\C.Cc1cccc2ccccc12. The molecule has 15 heavy (non-hydrogen) atoms. The monoisotopic (exact) mass is 198 g/mol. The third-order valence-electron chi connectivity index (χ3n) is 2.34. The van der Waals surface area contributed by atoms with E-state index in [1.165, 1.54) is 16.3 Å². The van der Waals surface area contributed by atoms with Gasteiger partial charge in [-0.25, -0.2) is 0 Å². The second-order valence-electron chi connectivity index (χ2n) is 3.46. The molecule has 0 bridgehead atoms. The fraction of sp³-hybridized carbons (Fsp3) is 0.200. The largest absolute Gasteiger partial charge is 0.0919 e. The van der Waals surface area contributed by atoms with Crippen LogP contribution < -0.4 is 0 Å². The Hall–Kier alpha value is -1.56. The summed E-state index contributed by atoms with van der Waals surface area (Å²) in [6.07, 6.45) is 4.00. The second kappa shape index (κ2) is 6.02. The summed E-state index contributed by atoms with van der Waals surface area (Å²) in [5, 5.41) is 2.68. The van der Waals surface area contributed by atoms with Crippen LogP contribution in [-0.2, 0) is 0 Å². The average molecular weight is 198 g/mol. The normalized spacial score (nSPS) is 10.1. The molecule has 2 aromatic carbocycles. The van der Waals surface area contributed by atoms with Gasteiger partial charge in [-0.15, -0.1) is 0 Å². The minimum absolute atomic E-state index is 1.33. The van der Waals surface area contributed by atoms with E-state index < -0.39 is 0 Å². The molecular formula is C15H18. The van der Waals surface area contributed by atoms with Crippen LogP contribution in [0.2, 0.25) is 0 Å². The molecule has 0 aromatic heterocycles. The van der Waals surface area contributed by atoms with E-state index in [4.69, 9.17) is 0 Å². The minimum Gasteiger partial charge on any atom is -0.0919 e. The highest BCUT2D eigenvalue weighted by atomic mass is 14.0. The zero-order chi connectivity index (χ0) is 11.1. The highest BCUT2D eigenvalue weighted by Gasteiger charge is 1.92. The van der Waals surface area contributed by atoms with Crippen LogP contribution in [0.5, 0.6) is 0 Å². The third kappa shape index (κ3) is 3.25. The van der Waals surface area contributed by atoms with Gasteiger partial charge in [0.2, 0.25) is 0 Å². The van der Waals surface area contributed by atoms with Gasteiger partial charge in [0, 0.05) is 0 Å². The second-order valence-corrected chi connectivity index (χ2v) is 3.46. The van der Waals surface area contributed by atoms with Gasteiger partial charge in [-0.3, -0.25) is 0 Å². The maximum atomic E-state index is 2.16. The van der Waals surface area contributed by atoms with Gasteiger partial charge in [-0.2, -0.15) is 0 Å². The lowest BCUT2D eigenvalue weighted by molar-refractivity contribution is 1.53. The van der Waals surface area contributed by atoms with Gasteiger partial charge in [-0.1, -0.05) is 54.6 Å². The summed E-state index contributed by atoms with van der Waals surface area (Å²) in [7, 11) is 0. The van der Waals surface area contributed by atoms with Crippen LogP contribution in [0.15, 0.2) is 54.6 Å². The zero-order valence-corrected chi connectivity index (χ0v) is 9.70. The van der Waals surface area contributed by atoms with E-state index >= 15 is 0 Å². The Morgan fingerprint density at radius 1 is 0.800 bits per heavy atom. The Morgan fingerprint density at radius 3 is 2.00 bits per heavy atom. The maximum Gasteiger partial charge on any atom is -0.0155 e. The molecule has 0 aliphatic heterocycles. The van der Waals surface area contributed by atoms with Crippen LogP contribution >= 0.6 is 0 Å². The zero-order valence-electron chi connectivity index (χ0n) is 9.70. The first-order valence-corrected chi connectivity index (χ1v) is 5.31. The van der Waals surface area contributed by atoms with Crippen molar-refractivity contribution in [3.05, 3.63) is 60.2 Å². The number of allylic oxidation sites excluding steroid dienone is 2. The molecule has 0 saturated carbocycles. The summed E-state index contributed by atoms with van der Waals surface area (Å²) in [4.78, 5) is 0. The molecule has 0 nitrogen and oxygen atoms in total. The summed E-state index contributed by atoms with van der Waals surface area (Å²) in [6, 6.07) is 14.8. The topological polar surface area (TPSA) is 0 Å². The lowest BCUT2D eigenvalue weighted by Gasteiger charge is -1.98. The van der Waals surface area contributed by atoms with Crippen LogP contribution in [0.3, 0.4) is 0 Å². The van der Waals surface area contributed by atoms with Crippen molar-refractivity contribution in [1.29, 1.82) is 0 Å². The minimum atomic E-state index is 1.33. The summed E-state index contributed by atoms with van der Waals surface area (Å²) >= 11 is 0. The molecule has 78 valence electrons. The van der Waals surface area contributed by atoms with Crippen molar-refractivity contribution in [2.75, 3.05) is 0 Å². The molecule has 0 unspecified atom stereocenters. The molecule has 0 spiro atoms. The lowest BCUT2D eigenvalue weighted by Crippen LogP contribution is -1.75. The average Bonchev–Trinajstić information content (AvgIpc) is 2.30. The van der Waals surface area contributed by atoms with Gasteiger partial charge in [0.15, 0.2) is 0 Å². The maximum absolute atomic E-state index is 2.16. The summed E-state index contributed by atoms with van der Waals surface area (Å²) in [5.41, 5.74) is 1.35. The van der Waals surface area contributed by atoms with E-state index in [1.807, 2.05) is 26.0 Å². The quantitative estimate of drug-likeness (QED) is 0.537.